The van der Waals surface area contributed by atoms with Crippen LogP contribution in [0.1, 0.15) is 52.8 Å². The summed E-state index contributed by atoms with van der Waals surface area (Å²) in [6.45, 7) is 0. The molecule has 1 aliphatic rings. The molecule has 5 heterocycles. The maximum atomic E-state index is 16.6. The fourth-order valence-electron chi connectivity index (χ4n) is 8.80. The normalized spacial score (nSPS) is 11.7. The molecule has 0 unspecified atom stereocenters. The summed E-state index contributed by atoms with van der Waals surface area (Å²) in [6, 6.07) is 4.82. The van der Waals surface area contributed by atoms with Crippen molar-refractivity contribution < 1.29 is 104 Å². The second-order valence-corrected chi connectivity index (χ2v) is 16.3. The highest BCUT2D eigenvalue weighted by Gasteiger charge is 2.38. The van der Waals surface area contributed by atoms with Crippen LogP contribution >= 0.6 is 0 Å². The van der Waals surface area contributed by atoms with Crippen LogP contribution in [0.2, 0.25) is 0 Å². The lowest BCUT2D eigenvalue weighted by Crippen LogP contribution is -2.23. The highest BCUT2D eigenvalue weighted by atomic mass is 19.2. The number of methoxy groups -OCH3 is 4. The fourth-order valence-corrected chi connectivity index (χ4v) is 8.80. The van der Waals surface area contributed by atoms with Crippen LogP contribution in [0, 0.1) is 87.3 Å². The number of nitrogens with one attached hydrogen (secondary N) is 3. The third-order valence-corrected chi connectivity index (χ3v) is 12.3. The summed E-state index contributed by atoms with van der Waals surface area (Å²) in [4.78, 5) is 66.6. The van der Waals surface area contributed by atoms with Crippen LogP contribution in [0.3, 0.4) is 0 Å². The molecule has 0 saturated heterocycles. The van der Waals surface area contributed by atoms with E-state index in [0.29, 0.717) is 18.2 Å². The molecule has 400 valence electrons. The van der Waals surface area contributed by atoms with Gasteiger partial charge in [-0.2, -0.15) is 0 Å². The van der Waals surface area contributed by atoms with Gasteiger partial charge in [0, 0.05) is 44.4 Å². The zero-order chi connectivity index (χ0) is 56.8. The van der Waals surface area contributed by atoms with E-state index in [4.69, 9.17) is 18.9 Å². The van der Waals surface area contributed by atoms with Crippen molar-refractivity contribution in [1.29, 1.82) is 0 Å². The van der Waals surface area contributed by atoms with E-state index in [1.807, 2.05) is 0 Å². The SMILES string of the molecule is COC(=O)c1cc(-c2cc3[nH]c2c(-c2c(F)c(F)c(F)c(F)c2F)c2nc(c(-c4c(F)c(F)c(F)c(F)c4F)c4ccc([nH]4)c(-c4c(F)c(F)c(F)c(F)c4F)c4ccc3[nH]4)C=C2)c(C(=O)OC)c(C(=O)OC)c1C(=O)OC. The first-order chi connectivity index (χ1) is 36.9. The van der Waals surface area contributed by atoms with Crippen molar-refractivity contribution in [3.05, 3.63) is 157 Å². The van der Waals surface area contributed by atoms with Gasteiger partial charge in [-0.3, -0.25) is 0 Å². The van der Waals surface area contributed by atoms with Gasteiger partial charge in [0.05, 0.1) is 95.3 Å². The highest BCUT2D eigenvalue weighted by molar-refractivity contribution is 6.19. The molecule has 27 heteroatoms. The van der Waals surface area contributed by atoms with Gasteiger partial charge in [-0.25, -0.2) is 90.0 Å². The Bertz CT molecular complexity index is 4120. The number of halogens is 15. The molecule has 0 fully saturated rings. The summed E-state index contributed by atoms with van der Waals surface area (Å²) >= 11 is 0. The van der Waals surface area contributed by atoms with E-state index in [-0.39, 0.29) is 0 Å². The van der Waals surface area contributed by atoms with Crippen molar-refractivity contribution >= 4 is 69.1 Å². The Morgan fingerprint density at radius 1 is 0.346 bits per heavy atom. The molecular formula is C51H23F15N4O8. The van der Waals surface area contributed by atoms with E-state index in [1.165, 1.54) is 0 Å². The van der Waals surface area contributed by atoms with Crippen LogP contribution in [-0.4, -0.2) is 72.3 Å². The lowest BCUT2D eigenvalue weighted by Gasteiger charge is -2.18. The number of aromatic nitrogens is 4. The van der Waals surface area contributed by atoms with E-state index in [2.05, 4.69) is 19.9 Å². The van der Waals surface area contributed by atoms with E-state index in [9.17, 15) is 32.3 Å². The Morgan fingerprint density at radius 3 is 1.14 bits per heavy atom. The first-order valence-electron chi connectivity index (χ1n) is 21.4. The van der Waals surface area contributed by atoms with Crippen LogP contribution in [0.4, 0.5) is 65.9 Å². The summed E-state index contributed by atoms with van der Waals surface area (Å²) in [7, 11) is 2.98. The minimum absolute atomic E-state index is 0.436. The minimum atomic E-state index is -2.74. The lowest BCUT2D eigenvalue weighted by atomic mass is 9.87. The zero-order valence-corrected chi connectivity index (χ0v) is 39.0. The molecule has 4 aromatic heterocycles. The number of carbonyl (C=O) groups is 4. The Morgan fingerprint density at radius 2 is 0.692 bits per heavy atom. The van der Waals surface area contributed by atoms with Crippen LogP contribution in [-0.2, 0) is 18.9 Å². The number of ether oxygens (including phenoxy) is 4. The Balaban J connectivity index is 1.65. The number of H-pyrrole nitrogens is 3. The molecule has 9 rings (SSSR count). The van der Waals surface area contributed by atoms with Gasteiger partial charge in [0.2, 0.25) is 17.5 Å². The van der Waals surface area contributed by atoms with E-state index in [1.54, 1.807) is 0 Å². The third-order valence-electron chi connectivity index (χ3n) is 12.3. The average Bonchev–Trinajstić information content (AvgIpc) is 4.40. The molecule has 0 atom stereocenters. The molecule has 8 bridgehead atoms. The molecule has 78 heavy (non-hydrogen) atoms. The van der Waals surface area contributed by atoms with Gasteiger partial charge in [0.15, 0.2) is 69.8 Å². The van der Waals surface area contributed by atoms with Crippen molar-refractivity contribution in [2.24, 2.45) is 0 Å². The average molecular weight is 1100 g/mol. The molecule has 3 N–H and O–H groups in total. The molecule has 12 nitrogen and oxygen atoms in total. The monoisotopic (exact) mass is 1100 g/mol. The smallest absolute Gasteiger partial charge is 0.339 e. The maximum absolute atomic E-state index is 16.6. The van der Waals surface area contributed by atoms with E-state index in [0.717, 1.165) is 58.8 Å². The molecule has 0 amide bonds. The number of esters is 4. The number of hydrogen-bond donors (Lipinski definition) is 3. The topological polar surface area (TPSA) is 165 Å². The van der Waals surface area contributed by atoms with Gasteiger partial charge in [-0.15, -0.1) is 0 Å². The lowest BCUT2D eigenvalue weighted by molar-refractivity contribution is 0.0522. The van der Waals surface area contributed by atoms with Gasteiger partial charge < -0.3 is 33.9 Å². The van der Waals surface area contributed by atoms with E-state index < -0.39 is 222 Å². The van der Waals surface area contributed by atoms with Gasteiger partial charge in [0.25, 0.3) is 0 Å². The van der Waals surface area contributed by atoms with Gasteiger partial charge >= 0.3 is 23.9 Å². The van der Waals surface area contributed by atoms with Crippen molar-refractivity contribution in [3.8, 4) is 44.5 Å². The number of benzene rings is 4. The van der Waals surface area contributed by atoms with Crippen LogP contribution in [0.15, 0.2) is 36.4 Å². The highest BCUT2D eigenvalue weighted by Crippen LogP contribution is 2.46. The molecule has 0 saturated carbocycles. The summed E-state index contributed by atoms with van der Waals surface area (Å²) in [5.74, 6) is -45.4. The maximum Gasteiger partial charge on any atom is 0.339 e. The standard InChI is InChI=1S/C51H23F15N4O8/c1-75-48(71)15-11-13(23(49(72)76-2)28(51(74)78-4)24(15)50(73)77-3)14-12-22-16-5-6-17(67-16)25(29-32(52)38(58)44(64)39(59)33(29)53)18-7-8-19(68-18)26(30-34(54)40(60)45(65)41(61)35(30)55)20-9-10-21(69-20)27(47(14)70-22)31-36(56)42(62)46(66)43(63)37(31)57/h5-12,67-68,70H,1-4H3. The first kappa shape index (κ1) is 53.3. The number of aromatic amines is 3. The van der Waals surface area contributed by atoms with Crippen LogP contribution < -0.4 is 0 Å². The molecule has 8 aromatic rings. The van der Waals surface area contributed by atoms with Gasteiger partial charge in [-0.05, 0) is 48.6 Å². The van der Waals surface area contributed by atoms with Crippen LogP contribution in [0.5, 0.6) is 0 Å². The summed E-state index contributed by atoms with van der Waals surface area (Å²) in [5.41, 5.74) is -21.5. The summed E-state index contributed by atoms with van der Waals surface area (Å²) in [5, 5.41) is 0. The van der Waals surface area contributed by atoms with Gasteiger partial charge in [-0.1, -0.05) is 0 Å². The molecular weight excluding hydrogens is 1080 g/mol. The second-order valence-electron chi connectivity index (χ2n) is 16.3. The molecule has 4 aromatic carbocycles. The Labute approximate surface area is 422 Å². The number of hydrogen-bond acceptors (Lipinski definition) is 9. The molecule has 0 aliphatic carbocycles. The van der Waals surface area contributed by atoms with E-state index >= 15 is 52.7 Å². The second kappa shape index (κ2) is 19.5. The number of carbonyl (C=O) groups excluding carboxylic acids is 4. The predicted molar refractivity (Wildman–Crippen MR) is 242 cm³/mol. The van der Waals surface area contributed by atoms with Crippen molar-refractivity contribution in [1.82, 2.24) is 19.9 Å². The zero-order valence-electron chi connectivity index (χ0n) is 39.0. The van der Waals surface area contributed by atoms with Crippen molar-refractivity contribution in [2.75, 3.05) is 28.4 Å². The first-order valence-corrected chi connectivity index (χ1v) is 21.4. The Kier molecular flexibility index (Phi) is 13.3. The Hall–Kier alpha value is -9.56. The fraction of sp³-hybridized carbons (Fsp3) is 0.0784. The number of nitrogens with zero attached hydrogens (tertiary/aromatic N) is 1. The predicted octanol–water partition coefficient (Wildman–Crippen LogP) is 12.6. The van der Waals surface area contributed by atoms with Gasteiger partial charge in [0.1, 0.15) is 0 Å². The number of fused-ring (bicyclic) bond motifs is 9. The molecule has 0 spiro atoms. The number of rotatable bonds is 8. The van der Waals surface area contributed by atoms with Crippen LogP contribution in [0.25, 0.3) is 89.8 Å². The quantitative estimate of drug-likeness (QED) is 0.0441. The molecule has 0 radical (unpaired) electrons. The third kappa shape index (κ3) is 7.93. The largest absolute Gasteiger partial charge is 0.465 e. The molecule has 1 aliphatic heterocycles. The minimum Gasteiger partial charge on any atom is -0.465 e. The summed E-state index contributed by atoms with van der Waals surface area (Å²) in [6.07, 6.45) is 1.26. The van der Waals surface area contributed by atoms with Crippen molar-refractivity contribution in [3.63, 3.8) is 0 Å². The summed E-state index contributed by atoms with van der Waals surface area (Å²) < 4.78 is 253. The van der Waals surface area contributed by atoms with Crippen molar-refractivity contribution in [2.45, 2.75) is 0 Å².